The summed E-state index contributed by atoms with van der Waals surface area (Å²) in [4.78, 5) is 0. The maximum atomic E-state index is 2.72. The SMILES string of the molecule is CC1=Cc2cc3ccccc3cc2[CH]1[Zr+2]([CH3])([CH3])(=[SiH2])[CH]1C(C)=Cc2cc3ccccc3cc21.[Cl-].[Cl-]. The van der Waals surface area contributed by atoms with E-state index in [0.717, 1.165) is 0 Å². The van der Waals surface area contributed by atoms with Crippen molar-refractivity contribution in [3.63, 3.8) is 0 Å². The zero-order valence-corrected chi connectivity index (χ0v) is 25.6. The summed E-state index contributed by atoms with van der Waals surface area (Å²) in [7, 11) is 0. The van der Waals surface area contributed by atoms with Crippen LogP contribution in [0.5, 0.6) is 0 Å². The van der Waals surface area contributed by atoms with Crippen molar-refractivity contribution in [3.05, 3.63) is 106 Å². The zero-order chi connectivity index (χ0) is 22.3. The van der Waals surface area contributed by atoms with E-state index >= 15 is 0 Å². The fourth-order valence-corrected chi connectivity index (χ4v) is 28.4. The molecule has 4 aromatic rings. The first-order valence-corrected chi connectivity index (χ1v) is 25.4. The summed E-state index contributed by atoms with van der Waals surface area (Å²) >= 11 is -3.39. The summed E-state index contributed by atoms with van der Waals surface area (Å²) < 4.78 is 6.61. The van der Waals surface area contributed by atoms with Gasteiger partial charge in [0.1, 0.15) is 0 Å². The van der Waals surface area contributed by atoms with Gasteiger partial charge < -0.3 is 24.8 Å². The molecule has 6 rings (SSSR count). The summed E-state index contributed by atoms with van der Waals surface area (Å²) in [6.45, 7) is 7.20. The van der Waals surface area contributed by atoms with Crippen molar-refractivity contribution in [2.24, 2.45) is 0 Å². The molecule has 0 saturated heterocycles. The molecule has 4 heteroatoms. The summed E-state index contributed by atoms with van der Waals surface area (Å²) in [5, 5.41) is 5.45. The molecule has 0 nitrogen and oxygen atoms in total. The molecule has 0 heterocycles. The third-order valence-corrected chi connectivity index (χ3v) is 26.0. The van der Waals surface area contributed by atoms with E-state index < -0.39 is 17.4 Å². The molecule has 2 atom stereocenters. The van der Waals surface area contributed by atoms with Crippen LogP contribution in [-0.2, 0) is 17.4 Å². The Morgan fingerprint density at radius 3 is 1.26 bits per heavy atom. The Kier molecular flexibility index (Phi) is 6.48. The molecular weight excluding hydrogens is 551 g/mol. The van der Waals surface area contributed by atoms with Crippen LogP contribution in [0.4, 0.5) is 0 Å². The number of hydrogen-bond donors (Lipinski definition) is 0. The van der Waals surface area contributed by atoms with Gasteiger partial charge in [0.05, 0.1) is 0 Å². The monoisotopic (exact) mass is 578 g/mol. The van der Waals surface area contributed by atoms with Gasteiger partial charge in [-0.05, 0) is 0 Å². The Hall–Kier alpha value is -1.44. The first-order chi connectivity index (χ1) is 15.2. The zero-order valence-electron chi connectivity index (χ0n) is 20.2. The predicted molar refractivity (Wildman–Crippen MR) is 141 cm³/mol. The van der Waals surface area contributed by atoms with E-state index in [0.29, 0.717) is 7.25 Å². The van der Waals surface area contributed by atoms with E-state index in [1.165, 1.54) is 32.7 Å². The van der Waals surface area contributed by atoms with Gasteiger partial charge in [-0.2, -0.15) is 0 Å². The molecule has 2 aliphatic rings. The predicted octanol–water partition coefficient (Wildman–Crippen LogP) is 1.95. The molecule has 0 spiro atoms. The van der Waals surface area contributed by atoms with Crippen molar-refractivity contribution in [2.45, 2.75) is 30.4 Å². The molecule has 0 fully saturated rings. The van der Waals surface area contributed by atoms with Crippen LogP contribution in [0.3, 0.4) is 0 Å². The minimum Gasteiger partial charge on any atom is -1.00 e. The van der Waals surface area contributed by atoms with Crippen molar-refractivity contribution in [3.8, 4) is 0 Å². The van der Waals surface area contributed by atoms with Gasteiger partial charge in [-0.1, -0.05) is 0 Å². The Morgan fingerprint density at radius 2 is 0.912 bits per heavy atom. The van der Waals surface area contributed by atoms with Crippen LogP contribution in [0.2, 0.25) is 9.26 Å². The third kappa shape index (κ3) is 3.73. The number of hydrogen-bond acceptors (Lipinski definition) is 0. The number of benzene rings is 4. The molecular formula is C30H30Cl2SiZr. The minimum atomic E-state index is -3.39. The molecule has 0 radical (unpaired) electrons. The van der Waals surface area contributed by atoms with Crippen LogP contribution in [-0.4, -0.2) is 6.88 Å². The van der Waals surface area contributed by atoms with E-state index in [4.69, 9.17) is 0 Å². The van der Waals surface area contributed by atoms with E-state index in [9.17, 15) is 0 Å². The van der Waals surface area contributed by atoms with Crippen LogP contribution in [0.15, 0.2) is 83.9 Å². The number of fused-ring (bicyclic) bond motifs is 4. The van der Waals surface area contributed by atoms with Crippen molar-refractivity contribution in [1.29, 1.82) is 0 Å². The molecule has 172 valence electrons. The molecule has 34 heavy (non-hydrogen) atoms. The average molecular weight is 581 g/mol. The van der Waals surface area contributed by atoms with Gasteiger partial charge in [0.15, 0.2) is 0 Å². The fourth-order valence-electron chi connectivity index (χ4n) is 7.13. The molecule has 2 aliphatic carbocycles. The molecule has 0 amide bonds. The van der Waals surface area contributed by atoms with Crippen molar-refractivity contribution < 1.29 is 42.2 Å². The van der Waals surface area contributed by atoms with Crippen LogP contribution in [0, 0.1) is 0 Å². The summed E-state index contributed by atoms with van der Waals surface area (Å²) in [6.07, 6.45) is 4.96. The molecule has 0 saturated carbocycles. The van der Waals surface area contributed by atoms with Crippen molar-refractivity contribution in [1.82, 2.24) is 0 Å². The van der Waals surface area contributed by atoms with Gasteiger partial charge >= 0.3 is 195 Å². The third-order valence-electron chi connectivity index (χ3n) is 8.10. The van der Waals surface area contributed by atoms with E-state index in [1.807, 2.05) is 0 Å². The second kappa shape index (κ2) is 8.59. The summed E-state index contributed by atoms with van der Waals surface area (Å²) in [5.74, 6) is 0. The van der Waals surface area contributed by atoms with Gasteiger partial charge in [0.25, 0.3) is 0 Å². The van der Waals surface area contributed by atoms with Gasteiger partial charge in [-0.15, -0.1) is 0 Å². The Morgan fingerprint density at radius 1 is 0.588 bits per heavy atom. The molecule has 0 bridgehead atoms. The first-order valence-electron chi connectivity index (χ1n) is 11.7. The maximum absolute atomic E-state index is 3.39. The molecule has 4 aromatic carbocycles. The summed E-state index contributed by atoms with van der Waals surface area (Å²) in [6, 6.07) is 27.5. The minimum absolute atomic E-state index is 0. The van der Waals surface area contributed by atoms with Gasteiger partial charge in [0, 0.05) is 0 Å². The smallest absolute Gasteiger partial charge is 1.00 e. The topological polar surface area (TPSA) is 0 Å². The Bertz CT molecular complexity index is 1480. The molecule has 2 unspecified atom stereocenters. The quantitative estimate of drug-likeness (QED) is 0.318. The number of allylic oxidation sites excluding steroid dienone is 2. The molecule has 0 aliphatic heterocycles. The van der Waals surface area contributed by atoms with Gasteiger partial charge in [0.2, 0.25) is 0 Å². The van der Waals surface area contributed by atoms with Crippen molar-refractivity contribution >= 4 is 40.6 Å². The van der Waals surface area contributed by atoms with E-state index in [2.05, 4.69) is 115 Å². The standard InChI is InChI=1S/2C14H11.2CH3.2ClH.H2Si.Zr/c2*1-10-6-13-8-11-4-2-3-5-12(11)9-14(13)7-10;;;;;;/h2*2-9H,1H3;2*1H3;2*1H;1H2;/q;;;;;;;+2/p-2. The fraction of sp³-hybridized carbons (Fsp3) is 0.200. The largest absolute Gasteiger partial charge is 1.00 e. The Balaban J connectivity index is 0.00000137. The van der Waals surface area contributed by atoms with Crippen LogP contribution in [0.25, 0.3) is 33.7 Å². The van der Waals surface area contributed by atoms with Gasteiger partial charge in [-0.3, -0.25) is 0 Å². The Labute approximate surface area is 217 Å². The normalized spacial score (nSPS) is 18.4. The van der Waals surface area contributed by atoms with Crippen molar-refractivity contribution in [2.75, 3.05) is 0 Å². The number of halogens is 2. The van der Waals surface area contributed by atoms with Crippen LogP contribution in [0.1, 0.15) is 43.4 Å². The number of rotatable bonds is 2. The van der Waals surface area contributed by atoms with Gasteiger partial charge in [-0.25, -0.2) is 0 Å². The molecule has 0 aromatic heterocycles. The second-order valence-electron chi connectivity index (χ2n) is 11.2. The first kappa shape index (κ1) is 25.6. The van der Waals surface area contributed by atoms with E-state index in [1.54, 1.807) is 22.3 Å². The second-order valence-corrected chi connectivity index (χ2v) is 41.7. The van der Waals surface area contributed by atoms with Crippen LogP contribution >= 0.6 is 0 Å². The average Bonchev–Trinajstić information content (AvgIpc) is 3.25. The van der Waals surface area contributed by atoms with Crippen LogP contribution < -0.4 is 24.8 Å². The van der Waals surface area contributed by atoms with E-state index in [-0.39, 0.29) is 24.8 Å². The maximum Gasteiger partial charge on any atom is -1.00 e. The summed E-state index contributed by atoms with van der Waals surface area (Å²) in [5.41, 5.74) is 9.19. The molecule has 0 N–H and O–H groups in total.